The second kappa shape index (κ2) is 7.84. The molecule has 1 rings (SSSR count). The Morgan fingerprint density at radius 3 is 2.50 bits per heavy atom. The van der Waals surface area contributed by atoms with Gasteiger partial charge in [-0.3, -0.25) is 4.79 Å². The number of nitrogens with one attached hydrogen (secondary N) is 2. The molecule has 0 saturated heterocycles. The van der Waals surface area contributed by atoms with E-state index in [2.05, 4.69) is 24.5 Å². The maximum atomic E-state index is 11.6. The van der Waals surface area contributed by atoms with Crippen molar-refractivity contribution in [2.75, 3.05) is 18.5 Å². The molecule has 0 aliphatic carbocycles. The highest BCUT2D eigenvalue weighted by Gasteiger charge is 2.02. The van der Waals surface area contributed by atoms with Crippen LogP contribution in [0.1, 0.15) is 25.8 Å². The molecule has 0 aliphatic rings. The van der Waals surface area contributed by atoms with Crippen LogP contribution in [0, 0.1) is 0 Å². The lowest BCUT2D eigenvalue weighted by molar-refractivity contribution is -0.116. The molecule has 0 atom stereocenters. The Morgan fingerprint density at radius 1 is 1.28 bits per heavy atom. The quantitative estimate of drug-likeness (QED) is 0.688. The van der Waals surface area contributed by atoms with E-state index in [1.165, 1.54) is 0 Å². The Morgan fingerprint density at radius 2 is 1.94 bits per heavy atom. The third kappa shape index (κ3) is 5.80. The summed E-state index contributed by atoms with van der Waals surface area (Å²) in [5.41, 5.74) is 1.86. The highest BCUT2D eigenvalue weighted by atomic mass is 16.2. The van der Waals surface area contributed by atoms with Gasteiger partial charge in [-0.25, -0.2) is 0 Å². The summed E-state index contributed by atoms with van der Waals surface area (Å²) in [4.78, 5) is 11.6. The Balaban J connectivity index is 2.35. The van der Waals surface area contributed by atoms with Gasteiger partial charge in [0.1, 0.15) is 0 Å². The average Bonchev–Trinajstić information content (AvgIpc) is 2.31. The van der Waals surface area contributed by atoms with E-state index in [9.17, 15) is 4.79 Å². The van der Waals surface area contributed by atoms with Crippen LogP contribution in [-0.2, 0) is 11.2 Å². The van der Waals surface area contributed by atoms with Crippen molar-refractivity contribution < 1.29 is 9.90 Å². The van der Waals surface area contributed by atoms with Gasteiger partial charge < -0.3 is 15.7 Å². The lowest BCUT2D eigenvalue weighted by Gasteiger charge is -2.09. The number of hydrogen-bond acceptors (Lipinski definition) is 3. The maximum absolute atomic E-state index is 11.6. The van der Waals surface area contributed by atoms with Gasteiger partial charge in [-0.15, -0.1) is 0 Å². The summed E-state index contributed by atoms with van der Waals surface area (Å²) in [6, 6.07) is 7.95. The fourth-order valence-electron chi connectivity index (χ4n) is 1.58. The van der Waals surface area contributed by atoms with E-state index in [1.54, 1.807) is 0 Å². The van der Waals surface area contributed by atoms with Crippen molar-refractivity contribution in [2.45, 2.75) is 32.7 Å². The number of hydrogen-bond donors (Lipinski definition) is 3. The fourth-order valence-corrected chi connectivity index (χ4v) is 1.58. The zero-order chi connectivity index (χ0) is 13.4. The standard InChI is InChI=1S/C14H22N2O2/c1-11(2)15-9-7-14(18)16-13-5-3-12(4-6-13)8-10-17/h3-6,11,15,17H,7-10H2,1-2H3,(H,16,18). The number of benzene rings is 1. The first kappa shape index (κ1) is 14.7. The van der Waals surface area contributed by atoms with Crippen LogP contribution >= 0.6 is 0 Å². The number of aliphatic hydroxyl groups excluding tert-OH is 1. The van der Waals surface area contributed by atoms with Crippen LogP contribution in [0.4, 0.5) is 5.69 Å². The van der Waals surface area contributed by atoms with Crippen molar-refractivity contribution in [3.63, 3.8) is 0 Å². The third-order valence-electron chi connectivity index (χ3n) is 2.54. The molecular weight excluding hydrogens is 228 g/mol. The average molecular weight is 250 g/mol. The molecule has 4 nitrogen and oxygen atoms in total. The summed E-state index contributed by atoms with van der Waals surface area (Å²) in [6.45, 7) is 4.94. The predicted molar refractivity (Wildman–Crippen MR) is 73.6 cm³/mol. The van der Waals surface area contributed by atoms with Crippen molar-refractivity contribution in [2.24, 2.45) is 0 Å². The molecule has 1 amide bonds. The maximum Gasteiger partial charge on any atom is 0.225 e. The fraction of sp³-hybridized carbons (Fsp3) is 0.500. The van der Waals surface area contributed by atoms with Gasteiger partial charge in [0, 0.05) is 31.3 Å². The molecule has 1 aromatic rings. The van der Waals surface area contributed by atoms with Gasteiger partial charge in [0.2, 0.25) is 5.91 Å². The van der Waals surface area contributed by atoms with Crippen molar-refractivity contribution in [1.29, 1.82) is 0 Å². The summed E-state index contributed by atoms with van der Waals surface area (Å²) >= 11 is 0. The van der Waals surface area contributed by atoms with Crippen molar-refractivity contribution in [1.82, 2.24) is 5.32 Å². The lowest BCUT2D eigenvalue weighted by atomic mass is 10.1. The number of rotatable bonds is 7. The van der Waals surface area contributed by atoms with Crippen molar-refractivity contribution in [3.05, 3.63) is 29.8 Å². The smallest absolute Gasteiger partial charge is 0.225 e. The van der Waals surface area contributed by atoms with Gasteiger partial charge in [-0.05, 0) is 24.1 Å². The Bertz CT molecular complexity index is 361. The molecule has 0 bridgehead atoms. The minimum atomic E-state index is 0.0121. The summed E-state index contributed by atoms with van der Waals surface area (Å²) < 4.78 is 0. The largest absolute Gasteiger partial charge is 0.396 e. The minimum absolute atomic E-state index is 0.0121. The second-order valence-corrected chi connectivity index (χ2v) is 4.58. The van der Waals surface area contributed by atoms with Gasteiger partial charge in [-0.2, -0.15) is 0 Å². The number of carbonyl (C=O) groups excluding carboxylic acids is 1. The van der Waals surface area contributed by atoms with Crippen molar-refractivity contribution in [3.8, 4) is 0 Å². The van der Waals surface area contributed by atoms with Gasteiger partial charge in [0.25, 0.3) is 0 Å². The van der Waals surface area contributed by atoms with Crippen LogP contribution in [0.3, 0.4) is 0 Å². The minimum Gasteiger partial charge on any atom is -0.396 e. The SMILES string of the molecule is CC(C)NCCC(=O)Nc1ccc(CCO)cc1. The zero-order valence-corrected chi connectivity index (χ0v) is 11.1. The molecule has 100 valence electrons. The van der Waals surface area contributed by atoms with E-state index in [-0.39, 0.29) is 12.5 Å². The zero-order valence-electron chi connectivity index (χ0n) is 11.1. The van der Waals surface area contributed by atoms with Crippen LogP contribution in [0.15, 0.2) is 24.3 Å². The molecule has 0 radical (unpaired) electrons. The van der Waals surface area contributed by atoms with E-state index in [0.29, 0.717) is 25.4 Å². The van der Waals surface area contributed by atoms with Crippen LogP contribution in [-0.4, -0.2) is 30.2 Å². The lowest BCUT2D eigenvalue weighted by Crippen LogP contribution is -2.27. The first-order chi connectivity index (χ1) is 8.61. The molecule has 0 aliphatic heterocycles. The molecule has 0 spiro atoms. The molecule has 0 heterocycles. The summed E-state index contributed by atoms with van der Waals surface area (Å²) in [5, 5.41) is 14.8. The van der Waals surface area contributed by atoms with Crippen LogP contribution < -0.4 is 10.6 Å². The number of carbonyl (C=O) groups is 1. The van der Waals surface area contributed by atoms with Crippen LogP contribution in [0.5, 0.6) is 0 Å². The summed E-state index contributed by atoms with van der Waals surface area (Å²) in [7, 11) is 0. The summed E-state index contributed by atoms with van der Waals surface area (Å²) in [6.07, 6.45) is 1.11. The molecule has 18 heavy (non-hydrogen) atoms. The second-order valence-electron chi connectivity index (χ2n) is 4.58. The summed E-state index contributed by atoms with van der Waals surface area (Å²) in [5.74, 6) is 0.0121. The number of amides is 1. The molecule has 3 N–H and O–H groups in total. The van der Waals surface area contributed by atoms with Gasteiger partial charge in [0.05, 0.1) is 0 Å². The van der Waals surface area contributed by atoms with Gasteiger partial charge in [0.15, 0.2) is 0 Å². The normalized spacial score (nSPS) is 10.7. The predicted octanol–water partition coefficient (Wildman–Crippen LogP) is 1.55. The number of anilines is 1. The van der Waals surface area contributed by atoms with E-state index in [0.717, 1.165) is 11.3 Å². The van der Waals surface area contributed by atoms with E-state index in [1.807, 2.05) is 24.3 Å². The van der Waals surface area contributed by atoms with Gasteiger partial charge >= 0.3 is 0 Å². The topological polar surface area (TPSA) is 61.4 Å². The van der Waals surface area contributed by atoms with E-state index >= 15 is 0 Å². The molecular formula is C14H22N2O2. The molecule has 0 unspecified atom stereocenters. The third-order valence-corrected chi connectivity index (χ3v) is 2.54. The Labute approximate surface area is 108 Å². The van der Waals surface area contributed by atoms with E-state index in [4.69, 9.17) is 5.11 Å². The van der Waals surface area contributed by atoms with Gasteiger partial charge in [-0.1, -0.05) is 26.0 Å². The van der Waals surface area contributed by atoms with Crippen LogP contribution in [0.25, 0.3) is 0 Å². The molecule has 1 aromatic carbocycles. The molecule has 0 saturated carbocycles. The molecule has 0 fully saturated rings. The molecule has 4 heteroatoms. The number of aliphatic hydroxyl groups is 1. The Kier molecular flexibility index (Phi) is 6.39. The van der Waals surface area contributed by atoms with E-state index < -0.39 is 0 Å². The monoisotopic (exact) mass is 250 g/mol. The van der Waals surface area contributed by atoms with Crippen molar-refractivity contribution >= 4 is 11.6 Å². The molecule has 0 aromatic heterocycles. The highest BCUT2D eigenvalue weighted by molar-refractivity contribution is 5.90. The first-order valence-electron chi connectivity index (χ1n) is 6.35. The highest BCUT2D eigenvalue weighted by Crippen LogP contribution is 2.10. The van der Waals surface area contributed by atoms with Crippen LogP contribution in [0.2, 0.25) is 0 Å². The first-order valence-corrected chi connectivity index (χ1v) is 6.35. The Hall–Kier alpha value is -1.39.